The molecule has 0 unspecified atom stereocenters. The molecule has 1 aliphatic carbocycles. The fraction of sp³-hybridized carbons (Fsp3) is 0.368. The van der Waals surface area contributed by atoms with Crippen LogP contribution in [0.15, 0.2) is 52.6 Å². The van der Waals surface area contributed by atoms with Gasteiger partial charge in [-0.15, -0.1) is 11.3 Å². The lowest BCUT2D eigenvalue weighted by Crippen LogP contribution is -2.46. The first-order chi connectivity index (χ1) is 24.8. The molecule has 0 bridgehead atoms. The van der Waals surface area contributed by atoms with Gasteiger partial charge in [0.25, 0.3) is 5.56 Å². The van der Waals surface area contributed by atoms with Crippen LogP contribution in [0.25, 0.3) is 21.3 Å². The van der Waals surface area contributed by atoms with Crippen LogP contribution in [0.3, 0.4) is 0 Å². The van der Waals surface area contributed by atoms with Gasteiger partial charge in [-0.05, 0) is 113 Å². The first-order valence-corrected chi connectivity index (χ1v) is 18.3. The summed E-state index contributed by atoms with van der Waals surface area (Å²) in [6.45, 7) is 5.06. The van der Waals surface area contributed by atoms with Crippen molar-refractivity contribution in [2.24, 2.45) is 0 Å². The van der Waals surface area contributed by atoms with Crippen molar-refractivity contribution in [2.75, 3.05) is 19.7 Å². The van der Waals surface area contributed by atoms with Crippen molar-refractivity contribution in [1.82, 2.24) is 19.4 Å². The minimum absolute atomic E-state index is 0.0136. The molecule has 1 saturated heterocycles. The van der Waals surface area contributed by atoms with Crippen molar-refractivity contribution in [3.63, 3.8) is 0 Å². The van der Waals surface area contributed by atoms with Crippen LogP contribution in [-0.2, 0) is 25.6 Å². The van der Waals surface area contributed by atoms with Gasteiger partial charge < -0.3 is 9.84 Å². The normalized spacial score (nSPS) is 17.0. The zero-order valence-corrected chi connectivity index (χ0v) is 30.0. The van der Waals surface area contributed by atoms with Crippen LogP contribution in [0.1, 0.15) is 69.4 Å². The van der Waals surface area contributed by atoms with Gasteiger partial charge in [-0.25, -0.2) is 14.2 Å². The molecule has 4 heterocycles. The summed E-state index contributed by atoms with van der Waals surface area (Å²) in [5.41, 5.74) is 3.09. The number of thiophene rings is 1. The van der Waals surface area contributed by atoms with E-state index in [4.69, 9.17) is 21.3 Å². The Morgan fingerprint density at radius 1 is 1.06 bits per heavy atom. The van der Waals surface area contributed by atoms with E-state index in [0.29, 0.717) is 82.4 Å². The van der Waals surface area contributed by atoms with Gasteiger partial charge in [0.1, 0.15) is 24.0 Å². The summed E-state index contributed by atoms with van der Waals surface area (Å²) in [6.07, 6.45) is -1.73. The van der Waals surface area contributed by atoms with E-state index in [9.17, 15) is 32.3 Å². The van der Waals surface area contributed by atoms with Crippen molar-refractivity contribution in [3.8, 4) is 16.9 Å². The van der Waals surface area contributed by atoms with Crippen molar-refractivity contribution in [1.29, 1.82) is 0 Å². The monoisotopic (exact) mass is 754 g/mol. The van der Waals surface area contributed by atoms with Crippen LogP contribution >= 0.6 is 22.9 Å². The summed E-state index contributed by atoms with van der Waals surface area (Å²) in [6, 6.07) is 9.83. The molecule has 3 aromatic heterocycles. The molecule has 14 heteroatoms. The Kier molecular flexibility index (Phi) is 9.87. The third-order valence-corrected chi connectivity index (χ3v) is 11.4. The number of alkyl halides is 3. The number of rotatable bonds is 8. The fourth-order valence-corrected chi connectivity index (χ4v) is 8.85. The van der Waals surface area contributed by atoms with E-state index in [0.717, 1.165) is 35.9 Å². The standard InChI is InChI=1S/C38H35ClF4N4O4S/c1-20-15-28(35-34(44-20)30(19-52-35)37(49)50)27-16-23(39)3-8-33(27)51-14-13-47-21(2)45-32-7-5-25(18-29(32)36(47)48)46-11-9-22(10-12-46)26-17-24(40)4-6-31(26)38(41,42)43/h3-4,6,8,15-17,19,22,25H,5,7,9-14,18H2,1-2H3,(H,49,50)/t25-/m0/s1. The molecule has 7 rings (SSSR count). The number of carboxylic acid groups (broad SMARTS) is 1. The predicted molar refractivity (Wildman–Crippen MR) is 191 cm³/mol. The Balaban J connectivity index is 1.06. The van der Waals surface area contributed by atoms with Gasteiger partial charge in [0.2, 0.25) is 0 Å². The fourth-order valence-electron chi connectivity index (χ4n) is 7.66. The molecule has 52 heavy (non-hydrogen) atoms. The minimum atomic E-state index is -4.55. The number of nitrogens with zero attached hydrogens (tertiary/aromatic N) is 4. The number of aryl methyl sites for hydroxylation is 3. The van der Waals surface area contributed by atoms with Crippen LogP contribution in [0.2, 0.25) is 5.02 Å². The van der Waals surface area contributed by atoms with Crippen molar-refractivity contribution >= 4 is 39.1 Å². The molecule has 0 amide bonds. The molecule has 2 aliphatic rings. The van der Waals surface area contributed by atoms with Gasteiger partial charge in [0.05, 0.1) is 33.6 Å². The average molecular weight is 755 g/mol. The second-order valence-electron chi connectivity index (χ2n) is 13.4. The minimum Gasteiger partial charge on any atom is -0.491 e. The van der Waals surface area contributed by atoms with Gasteiger partial charge in [-0.1, -0.05) is 11.6 Å². The number of hydrogen-bond acceptors (Lipinski definition) is 7. The smallest absolute Gasteiger partial charge is 0.416 e. The highest BCUT2D eigenvalue weighted by atomic mass is 35.5. The van der Waals surface area contributed by atoms with Crippen molar-refractivity contribution in [3.05, 3.63) is 109 Å². The predicted octanol–water partition coefficient (Wildman–Crippen LogP) is 8.46. The van der Waals surface area contributed by atoms with Crippen LogP contribution in [0, 0.1) is 19.7 Å². The quantitative estimate of drug-likeness (QED) is 0.159. The van der Waals surface area contributed by atoms with E-state index in [1.807, 2.05) is 6.07 Å². The molecule has 0 spiro atoms. The van der Waals surface area contributed by atoms with Crippen molar-refractivity contribution in [2.45, 2.75) is 70.6 Å². The number of aromatic carboxylic acids is 1. The van der Waals surface area contributed by atoms with Crippen molar-refractivity contribution < 1.29 is 32.2 Å². The van der Waals surface area contributed by atoms with Crippen LogP contribution in [0.4, 0.5) is 17.6 Å². The Morgan fingerprint density at radius 3 is 2.56 bits per heavy atom. The summed E-state index contributed by atoms with van der Waals surface area (Å²) < 4.78 is 63.7. The number of carbonyl (C=O) groups is 1. The lowest BCUT2D eigenvalue weighted by molar-refractivity contribution is -0.138. The van der Waals surface area contributed by atoms with Crippen LogP contribution < -0.4 is 10.3 Å². The van der Waals surface area contributed by atoms with Gasteiger partial charge in [0, 0.05) is 38.8 Å². The lowest BCUT2D eigenvalue weighted by Gasteiger charge is -2.40. The summed E-state index contributed by atoms with van der Waals surface area (Å²) >= 11 is 7.69. The highest BCUT2D eigenvalue weighted by Crippen LogP contribution is 2.42. The second kappa shape index (κ2) is 14.2. The maximum atomic E-state index is 14.0. The van der Waals surface area contributed by atoms with Gasteiger partial charge >= 0.3 is 12.1 Å². The number of halogens is 5. The number of aromatic nitrogens is 3. The maximum absolute atomic E-state index is 14.0. The molecular weight excluding hydrogens is 720 g/mol. The molecule has 0 saturated carbocycles. The average Bonchev–Trinajstić information content (AvgIpc) is 3.53. The number of piperidine rings is 1. The summed E-state index contributed by atoms with van der Waals surface area (Å²) in [7, 11) is 0. The van der Waals surface area contributed by atoms with Gasteiger partial charge in [-0.3, -0.25) is 19.2 Å². The zero-order chi connectivity index (χ0) is 36.9. The first kappa shape index (κ1) is 36.0. The number of fused-ring (bicyclic) bond motifs is 2. The summed E-state index contributed by atoms with van der Waals surface area (Å²) in [5.74, 6) is -1.04. The Hall–Kier alpha value is -4.33. The molecule has 272 valence electrons. The number of ether oxygens (including phenoxy) is 1. The number of likely N-dealkylation sites (tertiary alicyclic amines) is 1. The third-order valence-electron chi connectivity index (χ3n) is 10.2. The number of pyridine rings is 1. The van der Waals surface area contributed by atoms with Crippen LogP contribution in [0.5, 0.6) is 5.75 Å². The Labute approximate surface area is 305 Å². The van der Waals surface area contributed by atoms with E-state index >= 15 is 0 Å². The molecule has 1 aliphatic heterocycles. The highest BCUT2D eigenvalue weighted by molar-refractivity contribution is 7.18. The zero-order valence-electron chi connectivity index (χ0n) is 28.4. The van der Waals surface area contributed by atoms with Crippen LogP contribution in [-0.4, -0.2) is 56.2 Å². The SMILES string of the molecule is Cc1cc(-c2cc(Cl)ccc2OCCn2c(C)nc3c(c2=O)C[C@@H](N2CCC(c4cc(F)ccc4C(F)(F)F)CC2)CC3)c2scc(C(=O)O)c2n1. The molecule has 2 aromatic carbocycles. The molecule has 1 N–H and O–H groups in total. The Morgan fingerprint density at radius 2 is 1.83 bits per heavy atom. The van der Waals surface area contributed by atoms with E-state index < -0.39 is 29.4 Å². The summed E-state index contributed by atoms with van der Waals surface area (Å²) in [4.78, 5) is 37.2. The van der Waals surface area contributed by atoms with E-state index in [1.54, 1.807) is 42.0 Å². The topological polar surface area (TPSA) is 97.6 Å². The molecule has 8 nitrogen and oxygen atoms in total. The molecule has 0 radical (unpaired) electrons. The van der Waals surface area contributed by atoms with E-state index in [2.05, 4.69) is 9.88 Å². The Bertz CT molecular complexity index is 2250. The molecule has 1 atom stereocenters. The lowest BCUT2D eigenvalue weighted by atomic mass is 9.84. The molecule has 5 aromatic rings. The molecular formula is C38H35ClF4N4O4S. The number of benzene rings is 2. The van der Waals surface area contributed by atoms with Gasteiger partial charge in [-0.2, -0.15) is 13.2 Å². The second-order valence-corrected chi connectivity index (χ2v) is 14.7. The highest BCUT2D eigenvalue weighted by Gasteiger charge is 2.37. The van der Waals surface area contributed by atoms with E-state index in [-0.39, 0.29) is 35.9 Å². The van der Waals surface area contributed by atoms with E-state index in [1.165, 1.54) is 11.3 Å². The number of carboxylic acids is 1. The molecule has 1 fully saturated rings. The number of hydrogen-bond donors (Lipinski definition) is 1. The maximum Gasteiger partial charge on any atom is 0.416 e. The van der Waals surface area contributed by atoms with Gasteiger partial charge in [0.15, 0.2) is 0 Å². The largest absolute Gasteiger partial charge is 0.491 e. The first-order valence-electron chi connectivity index (χ1n) is 17.0. The summed E-state index contributed by atoms with van der Waals surface area (Å²) in [5, 5.41) is 11.7. The third kappa shape index (κ3) is 7.05.